The fraction of sp³-hybridized carbons (Fsp3) is 0.850. The maximum atomic E-state index is 13.2. The summed E-state index contributed by atoms with van der Waals surface area (Å²) < 4.78 is 19.7. The van der Waals surface area contributed by atoms with Crippen molar-refractivity contribution >= 4 is 5.91 Å². The standard InChI is InChI=1S/C40H60N2O7/c1-22-19-26(33(43)37(4,5)46)48-32-30(22)38(6)14-15-40-25-11-13-28(36(2,3)24(31(25)40)10-12-27(40)39(38,7)34(32)44)49-29-21-42(17-18-47-29)35(45)23-9-8-16-41-20-23/h8-9,16,20,22,24-34,43-44,46H,10-15,17-19,21H2,1-7H3. The van der Waals surface area contributed by atoms with E-state index in [9.17, 15) is 20.1 Å². The van der Waals surface area contributed by atoms with Crippen LogP contribution in [0.3, 0.4) is 0 Å². The van der Waals surface area contributed by atoms with E-state index in [1.54, 1.807) is 32.3 Å². The Morgan fingerprint density at radius 1 is 1.10 bits per heavy atom. The van der Waals surface area contributed by atoms with Gasteiger partial charge in [0.1, 0.15) is 6.10 Å². The SMILES string of the molecule is CC1CC(C(O)C(C)(C)O)OC2C1C1(C)CCC34C5CCC(OC6CN(C(=O)c7cccnc7)CCO6)C(C)(C)C(CCC3C1(C)C2O)C54. The first-order valence-electron chi connectivity index (χ1n) is 19.3. The largest absolute Gasteiger partial charge is 0.390 e. The molecular weight excluding hydrogens is 620 g/mol. The van der Waals surface area contributed by atoms with Crippen LogP contribution in [-0.2, 0) is 14.2 Å². The molecule has 0 bridgehead atoms. The summed E-state index contributed by atoms with van der Waals surface area (Å²) in [5, 5.41) is 34.2. The van der Waals surface area contributed by atoms with Crippen molar-refractivity contribution in [3.8, 4) is 0 Å². The van der Waals surface area contributed by atoms with Crippen LogP contribution in [0.25, 0.3) is 0 Å². The third-order valence-electron chi connectivity index (χ3n) is 16.2. The Labute approximate surface area is 292 Å². The van der Waals surface area contributed by atoms with Gasteiger partial charge in [-0.05, 0) is 123 Å². The molecule has 9 nitrogen and oxygen atoms in total. The second-order valence-corrected chi connectivity index (χ2v) is 18.9. The summed E-state index contributed by atoms with van der Waals surface area (Å²) in [4.78, 5) is 19.2. The molecule has 15 unspecified atom stereocenters. The highest BCUT2D eigenvalue weighted by Gasteiger charge is 2.83. The van der Waals surface area contributed by atoms with Crippen LogP contribution < -0.4 is 0 Å². The first-order valence-corrected chi connectivity index (χ1v) is 19.3. The van der Waals surface area contributed by atoms with E-state index in [1.165, 1.54) is 6.42 Å². The first-order chi connectivity index (χ1) is 23.1. The number of hydrogen-bond acceptors (Lipinski definition) is 8. The van der Waals surface area contributed by atoms with E-state index in [0.29, 0.717) is 55.4 Å². The number of aliphatic hydroxyl groups is 3. The highest BCUT2D eigenvalue weighted by molar-refractivity contribution is 5.93. The Morgan fingerprint density at radius 2 is 1.86 bits per heavy atom. The van der Waals surface area contributed by atoms with E-state index in [1.807, 2.05) is 11.0 Å². The molecule has 15 atom stereocenters. The minimum Gasteiger partial charge on any atom is -0.390 e. The molecule has 3 N–H and O–H groups in total. The smallest absolute Gasteiger partial charge is 0.255 e. The van der Waals surface area contributed by atoms with Crippen molar-refractivity contribution in [2.45, 2.75) is 136 Å². The summed E-state index contributed by atoms with van der Waals surface area (Å²) in [6.07, 6.45) is 7.86. The Bertz CT molecular complexity index is 1430. The van der Waals surface area contributed by atoms with Crippen LogP contribution in [0.5, 0.6) is 0 Å². The number of hydrogen-bond donors (Lipinski definition) is 3. The minimum absolute atomic E-state index is 0.0258. The van der Waals surface area contributed by atoms with Gasteiger partial charge in [0.2, 0.25) is 0 Å². The molecule has 8 rings (SSSR count). The number of fused-ring (bicyclic) bond motifs is 4. The summed E-state index contributed by atoms with van der Waals surface area (Å²) >= 11 is 0. The summed E-state index contributed by atoms with van der Waals surface area (Å²) in [6.45, 7) is 16.7. The molecule has 2 saturated heterocycles. The van der Waals surface area contributed by atoms with Crippen LogP contribution in [0, 0.1) is 57.2 Å². The van der Waals surface area contributed by atoms with Crippen LogP contribution >= 0.6 is 0 Å². The van der Waals surface area contributed by atoms with Gasteiger partial charge in [-0.2, -0.15) is 0 Å². The van der Waals surface area contributed by atoms with Gasteiger partial charge in [0.05, 0.1) is 48.7 Å². The molecule has 5 saturated carbocycles. The molecule has 1 aromatic heterocycles. The molecule has 49 heavy (non-hydrogen) atoms. The van der Waals surface area contributed by atoms with Crippen molar-refractivity contribution in [3.63, 3.8) is 0 Å². The second-order valence-electron chi connectivity index (χ2n) is 18.9. The number of amides is 1. The van der Waals surface area contributed by atoms with E-state index in [0.717, 1.165) is 32.1 Å². The van der Waals surface area contributed by atoms with Gasteiger partial charge in [-0.3, -0.25) is 9.78 Å². The van der Waals surface area contributed by atoms with Crippen LogP contribution in [-0.4, -0.2) is 93.2 Å². The molecule has 7 aliphatic rings. The van der Waals surface area contributed by atoms with Gasteiger partial charge in [-0.1, -0.05) is 34.6 Å². The number of ether oxygens (including phenoxy) is 3. The van der Waals surface area contributed by atoms with Crippen LogP contribution in [0.4, 0.5) is 0 Å². The lowest BCUT2D eigenvalue weighted by atomic mass is 9.43. The van der Waals surface area contributed by atoms with Gasteiger partial charge in [0.25, 0.3) is 5.91 Å². The molecule has 0 aromatic carbocycles. The monoisotopic (exact) mass is 680 g/mol. The van der Waals surface area contributed by atoms with Crippen molar-refractivity contribution in [2.75, 3.05) is 19.7 Å². The molecule has 1 aromatic rings. The van der Waals surface area contributed by atoms with Gasteiger partial charge < -0.3 is 34.4 Å². The number of aliphatic hydroxyl groups excluding tert-OH is 2. The fourth-order valence-corrected chi connectivity index (χ4v) is 13.8. The Morgan fingerprint density at radius 3 is 2.57 bits per heavy atom. The lowest BCUT2D eigenvalue weighted by Gasteiger charge is -2.61. The van der Waals surface area contributed by atoms with Gasteiger partial charge in [-0.25, -0.2) is 0 Å². The normalized spacial score (nSPS) is 49.1. The maximum Gasteiger partial charge on any atom is 0.255 e. The van der Waals surface area contributed by atoms with E-state index in [2.05, 4.69) is 39.6 Å². The Balaban J connectivity index is 1.01. The average molecular weight is 681 g/mol. The zero-order valence-electron chi connectivity index (χ0n) is 30.7. The van der Waals surface area contributed by atoms with Crippen LogP contribution in [0.15, 0.2) is 24.5 Å². The molecule has 0 radical (unpaired) electrons. The molecule has 272 valence electrons. The third kappa shape index (κ3) is 4.77. The summed E-state index contributed by atoms with van der Waals surface area (Å²) in [6, 6.07) is 3.61. The predicted octanol–water partition coefficient (Wildman–Crippen LogP) is 5.07. The molecule has 1 spiro atoms. The maximum absolute atomic E-state index is 13.2. The fourth-order valence-electron chi connectivity index (χ4n) is 13.8. The highest BCUT2D eigenvalue weighted by atomic mass is 16.7. The predicted molar refractivity (Wildman–Crippen MR) is 183 cm³/mol. The number of aromatic nitrogens is 1. The molecule has 9 heteroatoms. The van der Waals surface area contributed by atoms with Gasteiger partial charge in [0.15, 0.2) is 6.29 Å². The quantitative estimate of drug-likeness (QED) is 0.395. The zero-order chi connectivity index (χ0) is 34.9. The first kappa shape index (κ1) is 34.5. The van der Waals surface area contributed by atoms with E-state index in [4.69, 9.17) is 14.2 Å². The van der Waals surface area contributed by atoms with Crippen LogP contribution in [0.1, 0.15) is 104 Å². The third-order valence-corrected chi connectivity index (χ3v) is 16.2. The molecular formula is C40H60N2O7. The summed E-state index contributed by atoms with van der Waals surface area (Å²) in [7, 11) is 0. The highest BCUT2D eigenvalue weighted by Crippen LogP contribution is 2.86. The molecule has 7 fully saturated rings. The van der Waals surface area contributed by atoms with E-state index in [-0.39, 0.29) is 51.6 Å². The Kier molecular flexibility index (Phi) is 8.05. The summed E-state index contributed by atoms with van der Waals surface area (Å²) in [5.41, 5.74) is -0.797. The molecule has 5 aliphatic carbocycles. The topological polar surface area (TPSA) is 122 Å². The average Bonchev–Trinajstić information content (AvgIpc) is 3.71. The molecule has 1 amide bonds. The number of carbonyl (C=O) groups excluding carboxylic acids is 1. The number of pyridine rings is 1. The van der Waals surface area contributed by atoms with Gasteiger partial charge >= 0.3 is 0 Å². The number of carbonyl (C=O) groups is 1. The van der Waals surface area contributed by atoms with Crippen molar-refractivity contribution in [2.24, 2.45) is 57.2 Å². The number of nitrogens with zero attached hydrogens (tertiary/aromatic N) is 2. The van der Waals surface area contributed by atoms with Crippen molar-refractivity contribution < 1.29 is 34.3 Å². The number of rotatable bonds is 5. The summed E-state index contributed by atoms with van der Waals surface area (Å²) in [5.74, 6) is 2.71. The second kappa shape index (κ2) is 11.4. The lowest BCUT2D eigenvalue weighted by Crippen LogP contribution is -2.57. The lowest BCUT2D eigenvalue weighted by molar-refractivity contribution is -0.227. The van der Waals surface area contributed by atoms with Crippen molar-refractivity contribution in [3.05, 3.63) is 30.1 Å². The zero-order valence-corrected chi connectivity index (χ0v) is 30.7. The van der Waals surface area contributed by atoms with E-state index < -0.39 is 30.2 Å². The van der Waals surface area contributed by atoms with Gasteiger partial charge in [-0.15, -0.1) is 0 Å². The van der Waals surface area contributed by atoms with Crippen molar-refractivity contribution in [1.29, 1.82) is 0 Å². The van der Waals surface area contributed by atoms with Gasteiger partial charge in [0, 0.05) is 24.4 Å². The number of morpholine rings is 1. The van der Waals surface area contributed by atoms with Crippen molar-refractivity contribution in [1.82, 2.24) is 9.88 Å². The minimum atomic E-state index is -1.26. The molecule has 3 heterocycles. The molecule has 2 aliphatic heterocycles. The van der Waals surface area contributed by atoms with E-state index >= 15 is 0 Å². The van der Waals surface area contributed by atoms with Crippen LogP contribution in [0.2, 0.25) is 0 Å². The Hall–Kier alpha value is -1.62.